The number of rotatable bonds is 6. The van der Waals surface area contributed by atoms with Gasteiger partial charge in [-0.3, -0.25) is 0 Å². The topological polar surface area (TPSA) is 47.0 Å². The molecule has 176 valence electrons. The average Bonchev–Trinajstić information content (AvgIpc) is 2.76. The van der Waals surface area contributed by atoms with Gasteiger partial charge in [0.1, 0.15) is 5.75 Å². The maximum absolute atomic E-state index is 13.3. The van der Waals surface area contributed by atoms with Crippen LogP contribution in [0.3, 0.4) is 0 Å². The number of nitrogens with zero attached hydrogens (tertiary/aromatic N) is 2. The van der Waals surface area contributed by atoms with Crippen molar-refractivity contribution in [3.05, 3.63) is 87.5 Å². The molecule has 9 heteroatoms. The molecule has 0 amide bonds. The second-order valence-electron chi connectivity index (χ2n) is 7.96. The number of nitrogens with one attached hydrogen (secondary N) is 1. The fourth-order valence-electron chi connectivity index (χ4n) is 3.41. The van der Waals surface area contributed by atoms with Crippen LogP contribution in [0.2, 0.25) is 10.0 Å². The Bertz CT molecular complexity index is 1330. The Morgan fingerprint density at radius 1 is 0.941 bits per heavy atom. The normalized spacial score (nSPS) is 11.8. The van der Waals surface area contributed by atoms with Gasteiger partial charge < -0.3 is 10.1 Å². The van der Waals surface area contributed by atoms with Crippen molar-refractivity contribution < 1.29 is 17.9 Å². The molecule has 4 aromatic rings. The van der Waals surface area contributed by atoms with Gasteiger partial charge in [-0.15, -0.1) is 0 Å². The van der Waals surface area contributed by atoms with Gasteiger partial charge in [-0.2, -0.15) is 13.2 Å². The van der Waals surface area contributed by atoms with Gasteiger partial charge in [0.05, 0.1) is 27.9 Å². The first kappa shape index (κ1) is 24.1. The van der Waals surface area contributed by atoms with Gasteiger partial charge in [-0.05, 0) is 67.9 Å². The van der Waals surface area contributed by atoms with Crippen molar-refractivity contribution in [1.82, 2.24) is 9.97 Å². The first-order valence-corrected chi connectivity index (χ1v) is 11.2. The number of fused-ring (bicyclic) bond motifs is 1. The monoisotopic (exact) mass is 505 g/mol. The van der Waals surface area contributed by atoms with Crippen molar-refractivity contribution in [1.29, 1.82) is 0 Å². The van der Waals surface area contributed by atoms with Gasteiger partial charge in [0.25, 0.3) is 0 Å². The van der Waals surface area contributed by atoms with Gasteiger partial charge in [-0.1, -0.05) is 35.3 Å². The lowest BCUT2D eigenvalue weighted by Crippen LogP contribution is -2.07. The molecule has 1 heterocycles. The predicted molar refractivity (Wildman–Crippen MR) is 129 cm³/mol. The fourth-order valence-corrected chi connectivity index (χ4v) is 3.76. The summed E-state index contributed by atoms with van der Waals surface area (Å²) < 4.78 is 45.7. The zero-order valence-corrected chi connectivity index (χ0v) is 19.8. The van der Waals surface area contributed by atoms with Gasteiger partial charge in [-0.25, -0.2) is 9.97 Å². The standard InChI is InChI=1S/C25H20Cl2F3N3O/c1-14(2)34-23-10-8-18(13-20(23)27)31-24-32-21-9-5-16(25(28,29)30)12-19(21)22(33-24)11-15-3-6-17(26)7-4-15/h3-10,12-14H,11H2,1-2H3,(H,31,32,33). The van der Waals surface area contributed by atoms with E-state index in [2.05, 4.69) is 15.3 Å². The molecule has 0 fully saturated rings. The third-order valence-electron chi connectivity index (χ3n) is 4.94. The smallest absolute Gasteiger partial charge is 0.416 e. The van der Waals surface area contributed by atoms with E-state index in [1.54, 1.807) is 30.3 Å². The molecular weight excluding hydrogens is 486 g/mol. The highest BCUT2D eigenvalue weighted by Gasteiger charge is 2.31. The summed E-state index contributed by atoms with van der Waals surface area (Å²) in [7, 11) is 0. The largest absolute Gasteiger partial charge is 0.489 e. The lowest BCUT2D eigenvalue weighted by molar-refractivity contribution is -0.137. The van der Waals surface area contributed by atoms with Crippen molar-refractivity contribution in [3.63, 3.8) is 0 Å². The van der Waals surface area contributed by atoms with E-state index < -0.39 is 11.7 Å². The minimum atomic E-state index is -4.47. The van der Waals surface area contributed by atoms with Crippen molar-refractivity contribution in [2.24, 2.45) is 0 Å². The molecule has 0 aliphatic rings. The second kappa shape index (κ2) is 9.68. The summed E-state index contributed by atoms with van der Waals surface area (Å²) in [5, 5.41) is 4.40. The van der Waals surface area contributed by atoms with E-state index in [-0.39, 0.29) is 12.1 Å². The van der Waals surface area contributed by atoms with Crippen LogP contribution in [-0.4, -0.2) is 16.1 Å². The number of hydrogen-bond donors (Lipinski definition) is 1. The first-order valence-electron chi connectivity index (χ1n) is 10.4. The summed E-state index contributed by atoms with van der Waals surface area (Å²) in [5.41, 5.74) is 1.55. The SMILES string of the molecule is CC(C)Oc1ccc(Nc2nc(Cc3ccc(Cl)cc3)c3cc(C(F)(F)F)ccc3n2)cc1Cl. The molecule has 0 saturated carbocycles. The number of benzene rings is 3. The predicted octanol–water partition coefficient (Wildman–Crippen LogP) is 8.08. The fraction of sp³-hybridized carbons (Fsp3) is 0.200. The Labute approximate surface area is 204 Å². The summed E-state index contributed by atoms with van der Waals surface area (Å²) >= 11 is 12.3. The average molecular weight is 506 g/mol. The summed E-state index contributed by atoms with van der Waals surface area (Å²) in [6, 6.07) is 15.7. The summed E-state index contributed by atoms with van der Waals surface area (Å²) in [4.78, 5) is 8.97. The molecule has 0 aliphatic heterocycles. The Morgan fingerprint density at radius 2 is 1.68 bits per heavy atom. The Hall–Kier alpha value is -3.03. The minimum Gasteiger partial charge on any atom is -0.489 e. The molecule has 4 rings (SSSR count). The van der Waals surface area contributed by atoms with E-state index in [0.29, 0.717) is 44.5 Å². The highest BCUT2D eigenvalue weighted by atomic mass is 35.5. The van der Waals surface area contributed by atoms with E-state index in [1.807, 2.05) is 26.0 Å². The lowest BCUT2D eigenvalue weighted by atomic mass is 10.0. The Balaban J connectivity index is 1.74. The summed E-state index contributed by atoms with van der Waals surface area (Å²) in [6.07, 6.45) is -4.20. The molecule has 0 radical (unpaired) electrons. The molecule has 0 spiro atoms. The lowest BCUT2D eigenvalue weighted by Gasteiger charge is -2.14. The Morgan fingerprint density at radius 3 is 2.32 bits per heavy atom. The van der Waals surface area contributed by atoms with E-state index in [0.717, 1.165) is 17.7 Å². The minimum absolute atomic E-state index is 0.0304. The number of aromatic nitrogens is 2. The maximum Gasteiger partial charge on any atom is 0.416 e. The summed E-state index contributed by atoms with van der Waals surface area (Å²) in [6.45, 7) is 3.80. The molecule has 0 unspecified atom stereocenters. The van der Waals surface area contributed by atoms with Crippen LogP contribution in [0.5, 0.6) is 5.75 Å². The maximum atomic E-state index is 13.3. The van der Waals surface area contributed by atoms with Gasteiger partial charge in [0, 0.05) is 22.5 Å². The number of hydrogen-bond acceptors (Lipinski definition) is 4. The van der Waals surface area contributed by atoms with Crippen LogP contribution >= 0.6 is 23.2 Å². The zero-order chi connectivity index (χ0) is 24.5. The zero-order valence-electron chi connectivity index (χ0n) is 18.3. The van der Waals surface area contributed by atoms with Crippen LogP contribution in [0.4, 0.5) is 24.8 Å². The van der Waals surface area contributed by atoms with Gasteiger partial charge >= 0.3 is 6.18 Å². The van der Waals surface area contributed by atoms with E-state index in [4.69, 9.17) is 27.9 Å². The molecule has 0 atom stereocenters. The third kappa shape index (κ3) is 5.72. The molecule has 34 heavy (non-hydrogen) atoms. The van der Waals surface area contributed by atoms with Gasteiger partial charge in [0.2, 0.25) is 5.95 Å². The first-order chi connectivity index (χ1) is 16.1. The van der Waals surface area contributed by atoms with Crippen LogP contribution in [-0.2, 0) is 12.6 Å². The highest BCUT2D eigenvalue weighted by Crippen LogP contribution is 2.33. The van der Waals surface area contributed by atoms with Crippen LogP contribution in [0.25, 0.3) is 10.9 Å². The molecule has 4 nitrogen and oxygen atoms in total. The van der Waals surface area contributed by atoms with Crippen molar-refractivity contribution in [2.75, 3.05) is 5.32 Å². The number of ether oxygens (including phenoxy) is 1. The van der Waals surface area contributed by atoms with E-state index >= 15 is 0 Å². The van der Waals surface area contributed by atoms with E-state index in [1.165, 1.54) is 6.07 Å². The van der Waals surface area contributed by atoms with Gasteiger partial charge in [0.15, 0.2) is 0 Å². The van der Waals surface area contributed by atoms with Crippen molar-refractivity contribution in [2.45, 2.75) is 32.5 Å². The van der Waals surface area contributed by atoms with Crippen LogP contribution < -0.4 is 10.1 Å². The molecule has 3 aromatic carbocycles. The molecule has 0 bridgehead atoms. The second-order valence-corrected chi connectivity index (χ2v) is 8.81. The van der Waals surface area contributed by atoms with Crippen LogP contribution in [0, 0.1) is 0 Å². The third-order valence-corrected chi connectivity index (χ3v) is 5.48. The number of alkyl halides is 3. The molecule has 0 saturated heterocycles. The Kier molecular flexibility index (Phi) is 6.86. The van der Waals surface area contributed by atoms with Crippen LogP contribution in [0.15, 0.2) is 60.7 Å². The van der Waals surface area contributed by atoms with E-state index in [9.17, 15) is 13.2 Å². The highest BCUT2D eigenvalue weighted by molar-refractivity contribution is 6.32. The van der Waals surface area contributed by atoms with Crippen molar-refractivity contribution in [3.8, 4) is 5.75 Å². The number of anilines is 2. The van der Waals surface area contributed by atoms with Crippen LogP contribution in [0.1, 0.15) is 30.7 Å². The summed E-state index contributed by atoms with van der Waals surface area (Å²) in [5.74, 6) is 0.787. The quantitative estimate of drug-likeness (QED) is 0.287. The molecule has 1 N–H and O–H groups in total. The molecule has 1 aromatic heterocycles. The molecular formula is C25H20Cl2F3N3O. The van der Waals surface area contributed by atoms with Crippen molar-refractivity contribution >= 4 is 45.7 Å². The number of halogens is 5. The molecule has 0 aliphatic carbocycles.